The Morgan fingerprint density at radius 1 is 1.29 bits per heavy atom. The van der Waals surface area contributed by atoms with Gasteiger partial charge in [-0.3, -0.25) is 0 Å². The number of piperazine rings is 1. The highest BCUT2D eigenvalue weighted by atomic mass is 32.2. The third-order valence-corrected chi connectivity index (χ3v) is 5.78. The second kappa shape index (κ2) is 6.35. The van der Waals surface area contributed by atoms with E-state index in [0.29, 0.717) is 26.2 Å². The summed E-state index contributed by atoms with van der Waals surface area (Å²) in [5.74, 6) is -1.21. The van der Waals surface area contributed by atoms with Crippen molar-refractivity contribution < 1.29 is 17.2 Å². The van der Waals surface area contributed by atoms with Gasteiger partial charge in [-0.1, -0.05) is 0 Å². The fraction of sp³-hybridized carbons (Fsp3) is 0.538. The van der Waals surface area contributed by atoms with Crippen molar-refractivity contribution in [2.24, 2.45) is 0 Å². The minimum Gasteiger partial charge on any atom is -0.314 e. The van der Waals surface area contributed by atoms with Gasteiger partial charge in [-0.2, -0.15) is 17.0 Å². The maximum absolute atomic E-state index is 13.8. The Morgan fingerprint density at radius 2 is 1.90 bits per heavy atom. The first-order valence-corrected chi connectivity index (χ1v) is 8.12. The van der Waals surface area contributed by atoms with Gasteiger partial charge in [0.15, 0.2) is 0 Å². The van der Waals surface area contributed by atoms with E-state index in [0.717, 1.165) is 22.5 Å². The van der Waals surface area contributed by atoms with Gasteiger partial charge in [-0.25, -0.2) is 8.78 Å². The van der Waals surface area contributed by atoms with E-state index in [9.17, 15) is 17.2 Å². The summed E-state index contributed by atoms with van der Waals surface area (Å²) in [7, 11) is -2.32. The third-order valence-electron chi connectivity index (χ3n) is 3.72. The second-order valence-electron chi connectivity index (χ2n) is 5.01. The first-order chi connectivity index (χ1) is 9.84. The molecule has 0 bridgehead atoms. The van der Waals surface area contributed by atoms with Crippen molar-refractivity contribution in [2.45, 2.75) is 13.0 Å². The van der Waals surface area contributed by atoms with Crippen molar-refractivity contribution in [3.05, 3.63) is 35.4 Å². The van der Waals surface area contributed by atoms with Crippen molar-refractivity contribution in [1.29, 1.82) is 0 Å². The minimum atomic E-state index is -3.70. The van der Waals surface area contributed by atoms with Crippen LogP contribution in [0.4, 0.5) is 8.78 Å². The molecule has 1 aliphatic heterocycles. The molecule has 0 aliphatic carbocycles. The van der Waals surface area contributed by atoms with Gasteiger partial charge in [-0.15, -0.1) is 0 Å². The zero-order valence-electron chi connectivity index (χ0n) is 12.0. The smallest absolute Gasteiger partial charge is 0.282 e. The predicted octanol–water partition coefficient (Wildman–Crippen LogP) is 1.11. The Labute approximate surface area is 123 Å². The van der Waals surface area contributed by atoms with Crippen LogP contribution in [0.2, 0.25) is 0 Å². The molecule has 0 saturated carbocycles. The maximum Gasteiger partial charge on any atom is 0.282 e. The highest BCUT2D eigenvalue weighted by Crippen LogP contribution is 2.26. The lowest BCUT2D eigenvalue weighted by molar-refractivity contribution is 0.303. The molecule has 1 fully saturated rings. The first kappa shape index (κ1) is 16.3. The molecule has 1 unspecified atom stereocenters. The summed E-state index contributed by atoms with van der Waals surface area (Å²) in [6.07, 6.45) is 0. The van der Waals surface area contributed by atoms with Gasteiger partial charge < -0.3 is 5.32 Å². The highest BCUT2D eigenvalue weighted by molar-refractivity contribution is 7.86. The van der Waals surface area contributed by atoms with Gasteiger partial charge in [0.25, 0.3) is 10.2 Å². The number of hydrogen-bond donors (Lipinski definition) is 1. The number of halogens is 2. The van der Waals surface area contributed by atoms with E-state index >= 15 is 0 Å². The summed E-state index contributed by atoms with van der Waals surface area (Å²) in [6.45, 7) is 3.43. The molecule has 118 valence electrons. The number of nitrogens with one attached hydrogen (secondary N) is 1. The molecule has 1 aromatic rings. The normalized spacial score (nSPS) is 18.9. The van der Waals surface area contributed by atoms with E-state index < -0.39 is 27.9 Å². The Morgan fingerprint density at radius 3 is 2.52 bits per heavy atom. The van der Waals surface area contributed by atoms with Crippen LogP contribution in [-0.4, -0.2) is 50.3 Å². The SMILES string of the molecule is CC(c1cc(F)ccc1F)N(C)S(=O)(=O)N1CCNCC1. The van der Waals surface area contributed by atoms with Crippen LogP contribution in [0.15, 0.2) is 18.2 Å². The summed E-state index contributed by atoms with van der Waals surface area (Å²) >= 11 is 0. The molecule has 0 aromatic heterocycles. The van der Waals surface area contributed by atoms with Gasteiger partial charge >= 0.3 is 0 Å². The lowest BCUT2D eigenvalue weighted by Gasteiger charge is -2.33. The summed E-state index contributed by atoms with van der Waals surface area (Å²) in [4.78, 5) is 0. The molecule has 1 heterocycles. The first-order valence-electron chi connectivity index (χ1n) is 6.73. The molecule has 5 nitrogen and oxygen atoms in total. The van der Waals surface area contributed by atoms with Crippen LogP contribution in [0.1, 0.15) is 18.5 Å². The average molecular weight is 319 g/mol. The molecule has 1 atom stereocenters. The van der Waals surface area contributed by atoms with Crippen LogP contribution in [0.25, 0.3) is 0 Å². The van der Waals surface area contributed by atoms with Crippen molar-refractivity contribution in [3.8, 4) is 0 Å². The summed E-state index contributed by atoms with van der Waals surface area (Å²) < 4.78 is 54.5. The van der Waals surface area contributed by atoms with E-state index in [-0.39, 0.29) is 5.56 Å². The van der Waals surface area contributed by atoms with Crippen LogP contribution in [0.3, 0.4) is 0 Å². The molecule has 1 aliphatic rings. The van der Waals surface area contributed by atoms with E-state index in [2.05, 4.69) is 5.32 Å². The molecule has 1 aromatic carbocycles. The third kappa shape index (κ3) is 3.39. The Hall–Kier alpha value is -1.09. The number of hydrogen-bond acceptors (Lipinski definition) is 3. The molecule has 0 spiro atoms. The molecule has 8 heteroatoms. The van der Waals surface area contributed by atoms with E-state index in [1.165, 1.54) is 18.3 Å². The van der Waals surface area contributed by atoms with Gasteiger partial charge in [-0.05, 0) is 25.1 Å². The van der Waals surface area contributed by atoms with Crippen molar-refractivity contribution in [3.63, 3.8) is 0 Å². The second-order valence-corrected chi connectivity index (χ2v) is 7.00. The highest BCUT2D eigenvalue weighted by Gasteiger charge is 2.32. The fourth-order valence-electron chi connectivity index (χ4n) is 2.29. The van der Waals surface area contributed by atoms with E-state index in [1.807, 2.05) is 0 Å². The van der Waals surface area contributed by atoms with Crippen LogP contribution in [0.5, 0.6) is 0 Å². The quantitative estimate of drug-likeness (QED) is 0.904. The average Bonchev–Trinajstić information content (AvgIpc) is 2.49. The van der Waals surface area contributed by atoms with Crippen LogP contribution in [0, 0.1) is 11.6 Å². The van der Waals surface area contributed by atoms with Crippen molar-refractivity contribution in [1.82, 2.24) is 13.9 Å². The minimum absolute atomic E-state index is 0.0243. The molecule has 0 radical (unpaired) electrons. The molecule has 1 N–H and O–H groups in total. The van der Waals surface area contributed by atoms with Crippen LogP contribution >= 0.6 is 0 Å². The lowest BCUT2D eigenvalue weighted by atomic mass is 10.1. The largest absolute Gasteiger partial charge is 0.314 e. The van der Waals surface area contributed by atoms with Gasteiger partial charge in [0.05, 0.1) is 6.04 Å². The summed E-state index contributed by atoms with van der Waals surface area (Å²) in [6, 6.07) is 2.26. The monoisotopic (exact) mass is 319 g/mol. The van der Waals surface area contributed by atoms with Crippen molar-refractivity contribution >= 4 is 10.2 Å². The Kier molecular flexibility index (Phi) is 4.92. The lowest BCUT2D eigenvalue weighted by Crippen LogP contribution is -2.51. The van der Waals surface area contributed by atoms with Gasteiger partial charge in [0.2, 0.25) is 0 Å². The number of nitrogens with zero attached hydrogens (tertiary/aromatic N) is 2. The van der Waals surface area contributed by atoms with Crippen molar-refractivity contribution in [2.75, 3.05) is 33.2 Å². The number of rotatable bonds is 4. The standard InChI is InChI=1S/C13H19F2N3O2S/c1-10(12-9-11(14)3-4-13(12)15)17(2)21(19,20)18-7-5-16-6-8-18/h3-4,9-10,16H,5-8H2,1-2H3. The maximum atomic E-state index is 13.8. The number of benzene rings is 1. The molecular formula is C13H19F2N3O2S. The molecule has 21 heavy (non-hydrogen) atoms. The van der Waals surface area contributed by atoms with Gasteiger partial charge in [0, 0.05) is 38.8 Å². The molecular weight excluding hydrogens is 300 g/mol. The van der Waals surface area contributed by atoms with E-state index in [4.69, 9.17) is 0 Å². The fourth-order valence-corrected chi connectivity index (χ4v) is 3.81. The zero-order valence-corrected chi connectivity index (χ0v) is 12.8. The topological polar surface area (TPSA) is 52.7 Å². The molecule has 1 saturated heterocycles. The predicted molar refractivity (Wildman–Crippen MR) is 75.9 cm³/mol. The van der Waals surface area contributed by atoms with Crippen LogP contribution < -0.4 is 5.32 Å². The zero-order chi connectivity index (χ0) is 15.6. The Balaban J connectivity index is 2.25. The van der Waals surface area contributed by atoms with Gasteiger partial charge in [0.1, 0.15) is 11.6 Å². The van der Waals surface area contributed by atoms with Crippen LogP contribution in [-0.2, 0) is 10.2 Å². The molecule has 2 rings (SSSR count). The Bertz CT molecular complexity index is 603. The van der Waals surface area contributed by atoms with E-state index in [1.54, 1.807) is 0 Å². The molecule has 0 amide bonds. The summed E-state index contributed by atoms with van der Waals surface area (Å²) in [5, 5.41) is 3.07. The summed E-state index contributed by atoms with van der Waals surface area (Å²) in [5.41, 5.74) is 0.0243.